The SMILES string of the molecule is CC(O)CN(Cc1cnnn1C)C1CCCCC1. The molecule has 0 amide bonds. The number of aliphatic hydroxyl groups excluding tert-OH is 1. The molecule has 1 aromatic heterocycles. The van der Waals surface area contributed by atoms with Gasteiger partial charge in [0.25, 0.3) is 0 Å². The van der Waals surface area contributed by atoms with E-state index in [2.05, 4.69) is 15.2 Å². The van der Waals surface area contributed by atoms with E-state index in [1.807, 2.05) is 24.9 Å². The third-order valence-corrected chi connectivity index (χ3v) is 3.76. The zero-order valence-corrected chi connectivity index (χ0v) is 11.4. The molecule has 1 heterocycles. The Morgan fingerprint density at radius 1 is 1.44 bits per heavy atom. The van der Waals surface area contributed by atoms with Gasteiger partial charge in [0.15, 0.2) is 0 Å². The zero-order chi connectivity index (χ0) is 13.0. The molecule has 0 aromatic carbocycles. The molecular formula is C13H24N4O. The first-order valence-electron chi connectivity index (χ1n) is 6.92. The first-order valence-corrected chi connectivity index (χ1v) is 6.92. The quantitative estimate of drug-likeness (QED) is 0.859. The third-order valence-electron chi connectivity index (χ3n) is 3.76. The summed E-state index contributed by atoms with van der Waals surface area (Å²) in [6.45, 7) is 3.42. The highest BCUT2D eigenvalue weighted by atomic mass is 16.3. The molecule has 0 radical (unpaired) electrons. The van der Waals surface area contributed by atoms with Crippen molar-refractivity contribution in [1.82, 2.24) is 19.9 Å². The molecule has 0 aliphatic heterocycles. The third kappa shape index (κ3) is 3.53. The van der Waals surface area contributed by atoms with Crippen LogP contribution >= 0.6 is 0 Å². The van der Waals surface area contributed by atoms with Gasteiger partial charge in [-0.2, -0.15) is 0 Å². The molecule has 18 heavy (non-hydrogen) atoms. The Morgan fingerprint density at radius 3 is 2.72 bits per heavy atom. The van der Waals surface area contributed by atoms with Crippen LogP contribution in [0, 0.1) is 0 Å². The average molecular weight is 252 g/mol. The lowest BCUT2D eigenvalue weighted by molar-refractivity contribution is 0.0751. The summed E-state index contributed by atoms with van der Waals surface area (Å²) in [6.07, 6.45) is 8.00. The van der Waals surface area contributed by atoms with Gasteiger partial charge in [-0.3, -0.25) is 9.58 Å². The Bertz CT molecular complexity index is 358. The molecule has 1 unspecified atom stereocenters. The molecule has 1 aliphatic carbocycles. The first-order chi connectivity index (χ1) is 8.66. The molecule has 1 N–H and O–H groups in total. The second-order valence-corrected chi connectivity index (χ2v) is 5.42. The second-order valence-electron chi connectivity index (χ2n) is 5.42. The van der Waals surface area contributed by atoms with Crippen LogP contribution in [-0.4, -0.2) is 43.7 Å². The van der Waals surface area contributed by atoms with Crippen molar-refractivity contribution in [3.05, 3.63) is 11.9 Å². The fourth-order valence-corrected chi connectivity index (χ4v) is 2.79. The van der Waals surface area contributed by atoms with E-state index in [9.17, 15) is 5.11 Å². The fourth-order valence-electron chi connectivity index (χ4n) is 2.79. The first kappa shape index (κ1) is 13.5. The summed E-state index contributed by atoms with van der Waals surface area (Å²) >= 11 is 0. The van der Waals surface area contributed by atoms with Crippen LogP contribution in [-0.2, 0) is 13.6 Å². The number of hydrogen-bond acceptors (Lipinski definition) is 4. The molecule has 1 saturated carbocycles. The van der Waals surface area contributed by atoms with Crippen LogP contribution in [0.15, 0.2) is 6.20 Å². The van der Waals surface area contributed by atoms with Crippen LogP contribution in [0.1, 0.15) is 44.7 Å². The van der Waals surface area contributed by atoms with E-state index in [1.165, 1.54) is 32.1 Å². The molecule has 2 rings (SSSR count). The van der Waals surface area contributed by atoms with Gasteiger partial charge in [0.05, 0.1) is 18.0 Å². The fraction of sp³-hybridized carbons (Fsp3) is 0.846. The number of aliphatic hydroxyl groups is 1. The summed E-state index contributed by atoms with van der Waals surface area (Å²) in [5.74, 6) is 0. The summed E-state index contributed by atoms with van der Waals surface area (Å²) in [6, 6.07) is 0.600. The van der Waals surface area contributed by atoms with Crippen LogP contribution in [0.25, 0.3) is 0 Å². The summed E-state index contributed by atoms with van der Waals surface area (Å²) in [4.78, 5) is 2.39. The smallest absolute Gasteiger partial charge is 0.0738 e. The Morgan fingerprint density at radius 2 is 2.17 bits per heavy atom. The van der Waals surface area contributed by atoms with Crippen LogP contribution in [0.5, 0.6) is 0 Å². The molecule has 1 aromatic rings. The molecule has 102 valence electrons. The van der Waals surface area contributed by atoms with E-state index >= 15 is 0 Å². The Balaban J connectivity index is 2.02. The van der Waals surface area contributed by atoms with Crippen LogP contribution in [0.4, 0.5) is 0 Å². The van der Waals surface area contributed by atoms with E-state index < -0.39 is 0 Å². The highest BCUT2D eigenvalue weighted by molar-refractivity contribution is 4.94. The van der Waals surface area contributed by atoms with E-state index in [-0.39, 0.29) is 6.10 Å². The van der Waals surface area contributed by atoms with E-state index in [4.69, 9.17) is 0 Å². The maximum Gasteiger partial charge on any atom is 0.0738 e. The Labute approximate surface area is 109 Å². The van der Waals surface area contributed by atoms with Crippen molar-refractivity contribution < 1.29 is 5.11 Å². The Hall–Kier alpha value is -0.940. The highest BCUT2D eigenvalue weighted by Gasteiger charge is 2.23. The molecule has 1 fully saturated rings. The minimum atomic E-state index is -0.284. The van der Waals surface area contributed by atoms with Gasteiger partial charge in [-0.15, -0.1) is 5.10 Å². The maximum absolute atomic E-state index is 9.67. The number of hydrogen-bond donors (Lipinski definition) is 1. The maximum atomic E-state index is 9.67. The van der Waals surface area contributed by atoms with Crippen LogP contribution < -0.4 is 0 Å². The van der Waals surface area contributed by atoms with E-state index in [1.54, 1.807) is 0 Å². The summed E-state index contributed by atoms with van der Waals surface area (Å²) in [5, 5.41) is 17.6. The van der Waals surface area contributed by atoms with Gasteiger partial charge in [-0.1, -0.05) is 24.5 Å². The van der Waals surface area contributed by atoms with Crippen molar-refractivity contribution in [3.63, 3.8) is 0 Å². The zero-order valence-electron chi connectivity index (χ0n) is 11.4. The highest BCUT2D eigenvalue weighted by Crippen LogP contribution is 2.24. The van der Waals surface area contributed by atoms with E-state index in [0.717, 1.165) is 18.8 Å². The molecule has 0 bridgehead atoms. The normalized spacial score (nSPS) is 19.3. The van der Waals surface area contributed by atoms with Gasteiger partial charge in [0, 0.05) is 26.2 Å². The van der Waals surface area contributed by atoms with Crippen molar-refractivity contribution in [2.45, 2.75) is 57.7 Å². The Kier molecular flexibility index (Phi) is 4.72. The summed E-state index contributed by atoms with van der Waals surface area (Å²) in [5.41, 5.74) is 1.11. The van der Waals surface area contributed by atoms with Gasteiger partial charge in [-0.25, -0.2) is 0 Å². The van der Waals surface area contributed by atoms with E-state index in [0.29, 0.717) is 6.04 Å². The lowest BCUT2D eigenvalue weighted by atomic mass is 9.94. The molecule has 1 atom stereocenters. The lowest BCUT2D eigenvalue weighted by Gasteiger charge is -2.34. The van der Waals surface area contributed by atoms with Crippen molar-refractivity contribution in [1.29, 1.82) is 0 Å². The minimum absolute atomic E-state index is 0.284. The van der Waals surface area contributed by atoms with Crippen molar-refractivity contribution in [2.24, 2.45) is 7.05 Å². The summed E-state index contributed by atoms with van der Waals surface area (Å²) < 4.78 is 1.82. The number of rotatable bonds is 5. The number of nitrogens with zero attached hydrogens (tertiary/aromatic N) is 4. The predicted molar refractivity (Wildman–Crippen MR) is 70.0 cm³/mol. The van der Waals surface area contributed by atoms with Gasteiger partial charge in [0.1, 0.15) is 0 Å². The standard InChI is InChI=1S/C13H24N4O/c1-11(18)9-17(12-6-4-3-5-7-12)10-13-8-14-15-16(13)2/h8,11-12,18H,3-7,9-10H2,1-2H3. The van der Waals surface area contributed by atoms with Gasteiger partial charge >= 0.3 is 0 Å². The average Bonchev–Trinajstić information content (AvgIpc) is 2.75. The van der Waals surface area contributed by atoms with Crippen molar-refractivity contribution in [3.8, 4) is 0 Å². The summed E-state index contributed by atoms with van der Waals surface area (Å²) in [7, 11) is 1.92. The number of aryl methyl sites for hydroxylation is 1. The molecular weight excluding hydrogens is 228 g/mol. The number of aromatic nitrogens is 3. The molecule has 0 spiro atoms. The molecule has 5 nitrogen and oxygen atoms in total. The molecule has 5 heteroatoms. The largest absolute Gasteiger partial charge is 0.392 e. The molecule has 1 aliphatic rings. The predicted octanol–water partition coefficient (Wildman–Crippen LogP) is 1.33. The van der Waals surface area contributed by atoms with Crippen LogP contribution in [0.2, 0.25) is 0 Å². The second kappa shape index (κ2) is 6.29. The van der Waals surface area contributed by atoms with Crippen LogP contribution in [0.3, 0.4) is 0 Å². The van der Waals surface area contributed by atoms with Crippen molar-refractivity contribution in [2.75, 3.05) is 6.54 Å². The van der Waals surface area contributed by atoms with Gasteiger partial charge in [-0.05, 0) is 19.8 Å². The van der Waals surface area contributed by atoms with Gasteiger partial charge < -0.3 is 5.11 Å². The monoisotopic (exact) mass is 252 g/mol. The molecule has 0 saturated heterocycles. The van der Waals surface area contributed by atoms with Gasteiger partial charge in [0.2, 0.25) is 0 Å². The minimum Gasteiger partial charge on any atom is -0.392 e. The van der Waals surface area contributed by atoms with Crippen molar-refractivity contribution >= 4 is 0 Å². The lowest BCUT2D eigenvalue weighted by Crippen LogP contribution is -2.40. The topological polar surface area (TPSA) is 54.2 Å².